The van der Waals surface area contributed by atoms with Crippen LogP contribution >= 0.6 is 0 Å². The zero-order chi connectivity index (χ0) is 10.6. The van der Waals surface area contributed by atoms with Gasteiger partial charge in [-0.3, -0.25) is 4.79 Å². The second-order valence-electron chi connectivity index (χ2n) is 3.26. The summed E-state index contributed by atoms with van der Waals surface area (Å²) in [7, 11) is 0. The summed E-state index contributed by atoms with van der Waals surface area (Å²) in [6.45, 7) is 3.58. The van der Waals surface area contributed by atoms with Crippen molar-refractivity contribution < 1.29 is 4.79 Å². The largest absolute Gasteiger partial charge is 0.327 e. The summed E-state index contributed by atoms with van der Waals surface area (Å²) in [5, 5.41) is 2.68. The lowest BCUT2D eigenvalue weighted by Gasteiger charge is -2.14. The number of nitrogens with two attached hydrogens (primary N) is 1. The van der Waals surface area contributed by atoms with E-state index in [4.69, 9.17) is 5.73 Å². The Morgan fingerprint density at radius 1 is 1.43 bits per heavy atom. The molecule has 0 spiro atoms. The quantitative estimate of drug-likeness (QED) is 0.729. The third kappa shape index (κ3) is 2.77. The molecular weight excluding hydrogens is 180 g/mol. The number of nitrogens with one attached hydrogen (secondary N) is 1. The van der Waals surface area contributed by atoms with Crippen LogP contribution in [0.15, 0.2) is 18.7 Å². The lowest BCUT2D eigenvalue weighted by Crippen LogP contribution is -2.34. The molecule has 5 heteroatoms. The molecule has 3 N–H and O–H groups in total. The number of hydrogen-bond acceptors (Lipinski definition) is 4. The Balaban J connectivity index is 2.58. The molecule has 0 aliphatic carbocycles. The highest BCUT2D eigenvalue weighted by atomic mass is 16.1. The smallest absolute Gasteiger partial charge is 0.228 e. The summed E-state index contributed by atoms with van der Waals surface area (Å²) in [5.74, 6) is -0.343. The molecule has 1 aromatic rings. The fourth-order valence-corrected chi connectivity index (χ4v) is 0.859. The predicted octanol–water partition coefficient (Wildman–Crippen LogP) is 0.398. The van der Waals surface area contributed by atoms with E-state index in [1.807, 2.05) is 0 Å². The molecule has 0 saturated carbocycles. The van der Waals surface area contributed by atoms with Crippen LogP contribution in [0.3, 0.4) is 0 Å². The topological polar surface area (TPSA) is 80.9 Å². The van der Waals surface area contributed by atoms with Crippen molar-refractivity contribution in [1.82, 2.24) is 9.97 Å². The first kappa shape index (κ1) is 10.6. The average Bonchev–Trinajstić information content (AvgIpc) is 2.18. The van der Waals surface area contributed by atoms with Crippen LogP contribution in [-0.4, -0.2) is 21.9 Å². The maximum atomic E-state index is 11.5. The molecule has 1 aromatic heterocycles. The number of anilines is 1. The van der Waals surface area contributed by atoms with E-state index in [-0.39, 0.29) is 17.9 Å². The van der Waals surface area contributed by atoms with Crippen LogP contribution in [-0.2, 0) is 4.79 Å². The maximum Gasteiger partial charge on any atom is 0.228 e. The summed E-state index contributed by atoms with van der Waals surface area (Å²) in [4.78, 5) is 19.1. The van der Waals surface area contributed by atoms with E-state index in [1.54, 1.807) is 26.2 Å². The molecule has 0 aliphatic rings. The molecule has 1 heterocycles. The Kier molecular flexibility index (Phi) is 3.53. The monoisotopic (exact) mass is 194 g/mol. The standard InChI is InChI=1S/C9H14N4O/c1-6(7(2)10)9(14)13-8-3-11-5-12-4-8/h3-7H,10H2,1-2H3,(H,13,14). The van der Waals surface area contributed by atoms with Gasteiger partial charge in [-0.05, 0) is 6.92 Å². The number of carbonyl (C=O) groups is 1. The van der Waals surface area contributed by atoms with Gasteiger partial charge >= 0.3 is 0 Å². The minimum atomic E-state index is -0.227. The van der Waals surface area contributed by atoms with Crippen molar-refractivity contribution in [3.63, 3.8) is 0 Å². The van der Waals surface area contributed by atoms with Crippen molar-refractivity contribution in [3.05, 3.63) is 18.7 Å². The lowest BCUT2D eigenvalue weighted by atomic mass is 10.0. The molecule has 1 amide bonds. The van der Waals surface area contributed by atoms with Crippen LogP contribution in [0.25, 0.3) is 0 Å². The lowest BCUT2D eigenvalue weighted by molar-refractivity contribution is -0.119. The molecule has 2 atom stereocenters. The first-order valence-corrected chi connectivity index (χ1v) is 4.42. The van der Waals surface area contributed by atoms with Gasteiger partial charge in [0.25, 0.3) is 0 Å². The van der Waals surface area contributed by atoms with Gasteiger partial charge in [-0.2, -0.15) is 0 Å². The first-order chi connectivity index (χ1) is 6.61. The molecule has 0 bridgehead atoms. The highest BCUT2D eigenvalue weighted by Gasteiger charge is 2.16. The van der Waals surface area contributed by atoms with Gasteiger partial charge in [0.15, 0.2) is 0 Å². The summed E-state index contributed by atoms with van der Waals surface area (Å²) < 4.78 is 0. The molecule has 0 saturated heterocycles. The Bertz CT molecular complexity index is 299. The predicted molar refractivity (Wildman–Crippen MR) is 53.5 cm³/mol. The molecule has 1 rings (SSSR count). The minimum Gasteiger partial charge on any atom is -0.327 e. The van der Waals surface area contributed by atoms with Gasteiger partial charge in [0.05, 0.1) is 24.0 Å². The highest BCUT2D eigenvalue weighted by molar-refractivity contribution is 5.92. The minimum absolute atomic E-state index is 0.116. The first-order valence-electron chi connectivity index (χ1n) is 4.42. The number of aromatic nitrogens is 2. The molecule has 5 nitrogen and oxygen atoms in total. The average molecular weight is 194 g/mol. The van der Waals surface area contributed by atoms with Crippen LogP contribution in [0.1, 0.15) is 13.8 Å². The Labute approximate surface area is 82.7 Å². The molecular formula is C9H14N4O. The molecule has 14 heavy (non-hydrogen) atoms. The van der Waals surface area contributed by atoms with Gasteiger partial charge in [0.1, 0.15) is 6.33 Å². The van der Waals surface area contributed by atoms with E-state index in [0.29, 0.717) is 5.69 Å². The van der Waals surface area contributed by atoms with Crippen molar-refractivity contribution >= 4 is 11.6 Å². The number of hydrogen-bond donors (Lipinski definition) is 2. The molecule has 0 aromatic carbocycles. The third-order valence-corrected chi connectivity index (χ3v) is 2.03. The van der Waals surface area contributed by atoms with Crippen LogP contribution in [0.4, 0.5) is 5.69 Å². The summed E-state index contributed by atoms with van der Waals surface area (Å²) in [6, 6.07) is -0.167. The Morgan fingerprint density at radius 2 is 2.00 bits per heavy atom. The second-order valence-corrected chi connectivity index (χ2v) is 3.26. The van der Waals surface area contributed by atoms with Crippen molar-refractivity contribution in [2.45, 2.75) is 19.9 Å². The zero-order valence-electron chi connectivity index (χ0n) is 8.27. The van der Waals surface area contributed by atoms with Crippen molar-refractivity contribution in [2.24, 2.45) is 11.7 Å². The van der Waals surface area contributed by atoms with Crippen LogP contribution < -0.4 is 11.1 Å². The van der Waals surface area contributed by atoms with E-state index in [1.165, 1.54) is 6.33 Å². The third-order valence-electron chi connectivity index (χ3n) is 2.03. The Hall–Kier alpha value is -1.49. The van der Waals surface area contributed by atoms with E-state index in [9.17, 15) is 4.79 Å². The van der Waals surface area contributed by atoms with Crippen molar-refractivity contribution in [3.8, 4) is 0 Å². The fourth-order valence-electron chi connectivity index (χ4n) is 0.859. The van der Waals surface area contributed by atoms with Gasteiger partial charge in [-0.25, -0.2) is 9.97 Å². The SMILES string of the molecule is CC(N)C(C)C(=O)Nc1cncnc1. The van der Waals surface area contributed by atoms with Gasteiger partial charge in [0.2, 0.25) is 5.91 Å². The van der Waals surface area contributed by atoms with Gasteiger partial charge in [-0.1, -0.05) is 6.92 Å². The van der Waals surface area contributed by atoms with E-state index >= 15 is 0 Å². The van der Waals surface area contributed by atoms with E-state index in [0.717, 1.165) is 0 Å². The highest BCUT2D eigenvalue weighted by Crippen LogP contribution is 2.06. The van der Waals surface area contributed by atoms with Gasteiger partial charge < -0.3 is 11.1 Å². The number of amides is 1. The zero-order valence-corrected chi connectivity index (χ0v) is 8.27. The van der Waals surface area contributed by atoms with E-state index in [2.05, 4.69) is 15.3 Å². The van der Waals surface area contributed by atoms with E-state index < -0.39 is 0 Å². The van der Waals surface area contributed by atoms with Gasteiger partial charge in [-0.15, -0.1) is 0 Å². The van der Waals surface area contributed by atoms with Crippen molar-refractivity contribution in [2.75, 3.05) is 5.32 Å². The molecule has 0 fully saturated rings. The fraction of sp³-hybridized carbons (Fsp3) is 0.444. The number of carbonyl (C=O) groups excluding carboxylic acids is 1. The normalized spacial score (nSPS) is 14.5. The second kappa shape index (κ2) is 4.66. The maximum absolute atomic E-state index is 11.5. The summed E-state index contributed by atoms with van der Waals surface area (Å²) >= 11 is 0. The Morgan fingerprint density at radius 3 is 2.50 bits per heavy atom. The molecule has 2 unspecified atom stereocenters. The van der Waals surface area contributed by atoms with Crippen LogP contribution in [0, 0.1) is 5.92 Å². The molecule has 76 valence electrons. The summed E-state index contributed by atoms with van der Waals surface area (Å²) in [5.41, 5.74) is 6.19. The van der Waals surface area contributed by atoms with Crippen molar-refractivity contribution in [1.29, 1.82) is 0 Å². The molecule has 0 radical (unpaired) electrons. The molecule has 0 aliphatic heterocycles. The number of rotatable bonds is 3. The van der Waals surface area contributed by atoms with Crippen LogP contribution in [0.2, 0.25) is 0 Å². The van der Waals surface area contributed by atoms with Crippen LogP contribution in [0.5, 0.6) is 0 Å². The van der Waals surface area contributed by atoms with Gasteiger partial charge in [0, 0.05) is 6.04 Å². The number of nitrogens with zero attached hydrogens (tertiary/aromatic N) is 2. The summed E-state index contributed by atoms with van der Waals surface area (Å²) in [6.07, 6.45) is 4.49.